The van der Waals surface area contributed by atoms with Crippen LogP contribution in [0.25, 0.3) is 0 Å². The topological polar surface area (TPSA) is 52.3 Å². The summed E-state index contributed by atoms with van der Waals surface area (Å²) in [6.07, 6.45) is 0.747. The van der Waals surface area contributed by atoms with E-state index in [9.17, 15) is 4.79 Å². The Morgan fingerprint density at radius 2 is 1.11 bits per heavy atom. The first-order valence-electron chi connectivity index (χ1n) is 8.68. The number of carbonyl (C=O) groups is 1. The predicted octanol–water partition coefficient (Wildman–Crippen LogP) is -0.514. The lowest BCUT2D eigenvalue weighted by Gasteiger charge is -2.27. The van der Waals surface area contributed by atoms with Crippen molar-refractivity contribution in [2.45, 2.75) is 0 Å². The van der Waals surface area contributed by atoms with Crippen LogP contribution in [0.5, 0.6) is 0 Å². The number of hydrogen-bond acceptors (Lipinski definition) is 3. The average Bonchev–Trinajstić information content (AvgIpc) is 2.73. The molecular formula is C22H23BrNO2P. The minimum absolute atomic E-state index is 0. The van der Waals surface area contributed by atoms with Crippen molar-refractivity contribution in [1.82, 2.24) is 0 Å². The second-order valence-corrected chi connectivity index (χ2v) is 9.58. The zero-order valence-corrected chi connectivity index (χ0v) is 17.5. The zero-order valence-electron chi connectivity index (χ0n) is 15.0. The normalized spacial score (nSPS) is 10.7. The van der Waals surface area contributed by atoms with Gasteiger partial charge in [-0.15, -0.1) is 0 Å². The molecule has 0 saturated heterocycles. The second kappa shape index (κ2) is 10.4. The molecule has 140 valence electrons. The van der Waals surface area contributed by atoms with Crippen molar-refractivity contribution < 1.29 is 26.5 Å². The van der Waals surface area contributed by atoms with Gasteiger partial charge >= 0.3 is 5.97 Å². The monoisotopic (exact) mass is 443 g/mol. The highest BCUT2D eigenvalue weighted by Gasteiger charge is 2.45. The van der Waals surface area contributed by atoms with Crippen LogP contribution in [0.1, 0.15) is 0 Å². The van der Waals surface area contributed by atoms with Crippen LogP contribution < -0.4 is 38.6 Å². The van der Waals surface area contributed by atoms with Gasteiger partial charge in [0.05, 0.1) is 6.54 Å². The maximum atomic E-state index is 11.6. The molecular weight excluding hydrogens is 421 g/mol. The van der Waals surface area contributed by atoms with E-state index in [1.54, 1.807) is 0 Å². The predicted molar refractivity (Wildman–Crippen MR) is 110 cm³/mol. The molecule has 3 rings (SSSR count). The average molecular weight is 444 g/mol. The summed E-state index contributed by atoms with van der Waals surface area (Å²) in [4.78, 5) is 11.6. The van der Waals surface area contributed by atoms with Gasteiger partial charge in [0, 0.05) is 0 Å². The molecule has 3 aromatic carbocycles. The van der Waals surface area contributed by atoms with Gasteiger partial charge in [0.25, 0.3) is 0 Å². The summed E-state index contributed by atoms with van der Waals surface area (Å²) in [5.41, 5.74) is 5.39. The van der Waals surface area contributed by atoms with Crippen molar-refractivity contribution in [2.24, 2.45) is 5.73 Å². The first-order chi connectivity index (χ1) is 12.8. The zero-order chi connectivity index (χ0) is 18.2. The van der Waals surface area contributed by atoms with Gasteiger partial charge in [-0.3, -0.25) is 4.79 Å². The van der Waals surface area contributed by atoms with E-state index in [4.69, 9.17) is 10.5 Å². The largest absolute Gasteiger partial charge is 1.00 e. The third kappa shape index (κ3) is 4.84. The number of hydrogen-bond donors (Lipinski definition) is 1. The van der Waals surface area contributed by atoms with E-state index in [0.29, 0.717) is 6.61 Å². The number of carbonyl (C=O) groups excluding carboxylic acids is 1. The molecule has 0 heterocycles. The van der Waals surface area contributed by atoms with E-state index in [0.717, 1.165) is 6.16 Å². The van der Waals surface area contributed by atoms with E-state index in [1.807, 2.05) is 18.2 Å². The second-order valence-electron chi connectivity index (χ2n) is 5.96. The molecule has 0 spiro atoms. The Hall–Kier alpha value is -2.00. The van der Waals surface area contributed by atoms with Gasteiger partial charge in [0.2, 0.25) is 0 Å². The summed E-state index contributed by atoms with van der Waals surface area (Å²) < 4.78 is 5.38. The molecule has 0 atom stereocenters. The summed E-state index contributed by atoms with van der Waals surface area (Å²) in [5, 5.41) is 3.84. The van der Waals surface area contributed by atoms with Gasteiger partial charge in [-0.1, -0.05) is 54.6 Å². The maximum absolute atomic E-state index is 11.6. The molecule has 3 nitrogen and oxygen atoms in total. The molecule has 0 aliphatic heterocycles. The Bertz CT molecular complexity index is 732. The van der Waals surface area contributed by atoms with E-state index in [2.05, 4.69) is 72.8 Å². The first-order valence-corrected chi connectivity index (χ1v) is 10.7. The molecule has 3 aromatic rings. The molecule has 0 radical (unpaired) electrons. The summed E-state index contributed by atoms with van der Waals surface area (Å²) >= 11 is 0. The molecule has 0 aromatic heterocycles. The Labute approximate surface area is 171 Å². The highest BCUT2D eigenvalue weighted by atomic mass is 79.9. The van der Waals surface area contributed by atoms with Crippen molar-refractivity contribution in [3.8, 4) is 0 Å². The fraction of sp³-hybridized carbons (Fsp3) is 0.136. The number of esters is 1. The smallest absolute Gasteiger partial charge is 0.319 e. The molecule has 0 amide bonds. The van der Waals surface area contributed by atoms with Crippen molar-refractivity contribution in [2.75, 3.05) is 19.3 Å². The molecule has 0 aliphatic carbocycles. The summed E-state index contributed by atoms with van der Waals surface area (Å²) in [5.74, 6) is -0.364. The van der Waals surface area contributed by atoms with Crippen LogP contribution in [-0.4, -0.2) is 25.3 Å². The summed E-state index contributed by atoms with van der Waals surface area (Å²) in [6.45, 7) is 0.260. The van der Waals surface area contributed by atoms with Gasteiger partial charge in [-0.25, -0.2) is 0 Å². The van der Waals surface area contributed by atoms with E-state index in [1.165, 1.54) is 15.9 Å². The van der Waals surface area contributed by atoms with Crippen LogP contribution in [0.2, 0.25) is 0 Å². The SMILES string of the molecule is NCC(=O)OCC[P+](c1ccccc1)(c1ccccc1)c1ccccc1.[Br-]. The quantitative estimate of drug-likeness (QED) is 0.395. The maximum Gasteiger partial charge on any atom is 0.319 e. The van der Waals surface area contributed by atoms with Crippen LogP contribution in [0.15, 0.2) is 91.0 Å². The lowest BCUT2D eigenvalue weighted by molar-refractivity contribution is -0.141. The van der Waals surface area contributed by atoms with Crippen molar-refractivity contribution >= 4 is 29.1 Å². The molecule has 2 N–H and O–H groups in total. The Kier molecular flexibility index (Phi) is 8.18. The van der Waals surface area contributed by atoms with Crippen LogP contribution in [-0.2, 0) is 9.53 Å². The molecule has 0 aliphatic rings. The summed E-state index contributed by atoms with van der Waals surface area (Å²) in [6, 6.07) is 31.6. The molecule has 0 unspecified atom stereocenters. The summed E-state index contributed by atoms with van der Waals surface area (Å²) in [7, 11) is -1.94. The van der Waals surface area contributed by atoms with Crippen LogP contribution >= 0.6 is 7.26 Å². The van der Waals surface area contributed by atoms with Gasteiger partial charge in [-0.05, 0) is 36.4 Å². The molecule has 27 heavy (non-hydrogen) atoms. The first kappa shape index (κ1) is 21.3. The lowest BCUT2D eigenvalue weighted by atomic mass is 10.4. The number of benzene rings is 3. The lowest BCUT2D eigenvalue weighted by Crippen LogP contribution is -3.00. The molecule has 0 bridgehead atoms. The fourth-order valence-corrected chi connectivity index (χ4v) is 7.31. The molecule has 0 fully saturated rings. The van der Waals surface area contributed by atoms with E-state index < -0.39 is 7.26 Å². The van der Waals surface area contributed by atoms with Crippen molar-refractivity contribution in [1.29, 1.82) is 0 Å². The number of halogens is 1. The number of rotatable bonds is 7. The number of ether oxygens (including phenoxy) is 1. The highest BCUT2D eigenvalue weighted by Crippen LogP contribution is 2.54. The van der Waals surface area contributed by atoms with Crippen LogP contribution in [0.3, 0.4) is 0 Å². The van der Waals surface area contributed by atoms with E-state index >= 15 is 0 Å². The molecule has 5 heteroatoms. The van der Waals surface area contributed by atoms with Gasteiger partial charge in [0.15, 0.2) is 0 Å². The third-order valence-corrected chi connectivity index (χ3v) is 8.84. The van der Waals surface area contributed by atoms with Crippen LogP contribution in [0.4, 0.5) is 0 Å². The Balaban J connectivity index is 0.00000261. The van der Waals surface area contributed by atoms with Crippen molar-refractivity contribution in [3.05, 3.63) is 91.0 Å². The van der Waals surface area contributed by atoms with Crippen LogP contribution in [0, 0.1) is 0 Å². The van der Waals surface area contributed by atoms with E-state index in [-0.39, 0.29) is 29.5 Å². The van der Waals surface area contributed by atoms with Crippen molar-refractivity contribution in [3.63, 3.8) is 0 Å². The third-order valence-electron chi connectivity index (χ3n) is 4.45. The Morgan fingerprint density at radius 3 is 1.44 bits per heavy atom. The van der Waals surface area contributed by atoms with Gasteiger partial charge in [0.1, 0.15) is 35.9 Å². The molecule has 0 saturated carbocycles. The number of nitrogens with two attached hydrogens (primary N) is 1. The highest BCUT2D eigenvalue weighted by molar-refractivity contribution is 7.95. The Morgan fingerprint density at radius 1 is 0.741 bits per heavy atom. The fourth-order valence-electron chi connectivity index (χ4n) is 3.24. The minimum atomic E-state index is -1.94. The van der Waals surface area contributed by atoms with Gasteiger partial charge in [-0.2, -0.15) is 0 Å². The minimum Gasteiger partial charge on any atom is -1.00 e. The van der Waals surface area contributed by atoms with Gasteiger partial charge < -0.3 is 27.5 Å². The standard InChI is InChI=1S/C22H23NO2P.BrH/c23-18-22(24)25-16-17-26(19-10-4-1-5-11-19,20-12-6-2-7-13-20)21-14-8-3-9-15-21;/h1-15H,16-18,23H2;1H/q+1;/p-1.